The number of likely N-dealkylation sites (tertiary alicyclic amines) is 1. The number of halogens is 1. The van der Waals surface area contributed by atoms with Gasteiger partial charge in [0.25, 0.3) is 0 Å². The summed E-state index contributed by atoms with van der Waals surface area (Å²) in [6, 6.07) is 14.0. The Kier molecular flexibility index (Phi) is 8.21. The molecule has 2 aromatic carbocycles. The summed E-state index contributed by atoms with van der Waals surface area (Å²) in [5, 5.41) is 14.7. The summed E-state index contributed by atoms with van der Waals surface area (Å²) in [5.41, 5.74) is 1.78. The molecule has 0 radical (unpaired) electrons. The highest BCUT2D eigenvalue weighted by molar-refractivity contribution is 5.90. The number of para-hydroxylation sites is 1. The molecule has 206 valence electrons. The van der Waals surface area contributed by atoms with E-state index >= 15 is 0 Å². The molecule has 1 aromatic heterocycles. The summed E-state index contributed by atoms with van der Waals surface area (Å²) in [7, 11) is 1.47. The van der Waals surface area contributed by atoms with Crippen molar-refractivity contribution in [1.82, 2.24) is 30.5 Å². The molecule has 39 heavy (non-hydrogen) atoms. The van der Waals surface area contributed by atoms with Crippen molar-refractivity contribution in [3.05, 3.63) is 77.4 Å². The zero-order chi connectivity index (χ0) is 27.2. The fourth-order valence-electron chi connectivity index (χ4n) is 5.59. The van der Waals surface area contributed by atoms with Gasteiger partial charge in [-0.2, -0.15) is 0 Å². The molecule has 10 heteroatoms. The zero-order valence-corrected chi connectivity index (χ0v) is 22.2. The van der Waals surface area contributed by atoms with Gasteiger partial charge in [-0.25, -0.2) is 4.39 Å². The maximum absolute atomic E-state index is 14.2. The Balaban J connectivity index is 1.37. The molecule has 2 N–H and O–H groups in total. The minimum atomic E-state index is -0.743. The molecule has 2 aliphatic heterocycles. The van der Waals surface area contributed by atoms with E-state index in [1.165, 1.54) is 13.2 Å². The lowest BCUT2D eigenvalue weighted by atomic mass is 9.73. The van der Waals surface area contributed by atoms with Crippen molar-refractivity contribution in [2.75, 3.05) is 26.7 Å². The molecule has 2 bridgehead atoms. The number of piperidine rings is 1. The standard InChI is InChI=1S/C29H35FN6O3/c1-39-26-22(9-5-10-24(26)30)19-35-15-11-29(12-16-35)18-23-20-36(34-33-23)14-6-13-31-27(37)25(32-28(29)38)17-21-7-3-2-4-8-21/h2-5,7-10,20,25H,6,11-19H2,1H3,(H,31,37)(H,32,38)/t25-/m0/s1. The van der Waals surface area contributed by atoms with Crippen LogP contribution in [0, 0.1) is 11.2 Å². The van der Waals surface area contributed by atoms with Gasteiger partial charge in [-0.05, 0) is 44.0 Å². The molecule has 0 aliphatic carbocycles. The number of methoxy groups -OCH3 is 1. The Labute approximate surface area is 227 Å². The number of hydrogen-bond donors (Lipinski definition) is 2. The average molecular weight is 535 g/mol. The van der Waals surface area contributed by atoms with Crippen LogP contribution in [0.25, 0.3) is 0 Å². The Morgan fingerprint density at radius 2 is 1.87 bits per heavy atom. The first-order chi connectivity index (χ1) is 19.0. The summed E-state index contributed by atoms with van der Waals surface area (Å²) in [6.07, 6.45) is 4.61. The van der Waals surface area contributed by atoms with Crippen LogP contribution in [0.15, 0.2) is 54.7 Å². The zero-order valence-electron chi connectivity index (χ0n) is 22.2. The normalized spacial score (nSPS) is 20.3. The second-order valence-electron chi connectivity index (χ2n) is 10.5. The summed E-state index contributed by atoms with van der Waals surface area (Å²) < 4.78 is 21.3. The van der Waals surface area contributed by atoms with Crippen LogP contribution < -0.4 is 15.4 Å². The number of aryl methyl sites for hydroxylation is 1. The number of benzene rings is 2. The Hall–Kier alpha value is -3.79. The van der Waals surface area contributed by atoms with Crippen LogP contribution in [-0.4, -0.2) is 64.5 Å². The molecule has 1 spiro atoms. The quantitative estimate of drug-likeness (QED) is 0.522. The number of aromatic nitrogens is 3. The molecule has 3 aromatic rings. The molecule has 1 atom stereocenters. The van der Waals surface area contributed by atoms with Crippen LogP contribution in [-0.2, 0) is 35.5 Å². The number of nitrogens with zero attached hydrogens (tertiary/aromatic N) is 4. The molecule has 3 heterocycles. The van der Waals surface area contributed by atoms with Gasteiger partial charge in [-0.1, -0.05) is 47.7 Å². The van der Waals surface area contributed by atoms with Gasteiger partial charge in [0.15, 0.2) is 11.6 Å². The predicted octanol–water partition coefficient (Wildman–Crippen LogP) is 2.50. The summed E-state index contributed by atoms with van der Waals surface area (Å²) in [6.45, 7) is 2.91. The lowest BCUT2D eigenvalue weighted by molar-refractivity contribution is -0.137. The molecule has 2 amide bonds. The first kappa shape index (κ1) is 26.8. The lowest BCUT2D eigenvalue weighted by Crippen LogP contribution is -2.56. The lowest BCUT2D eigenvalue weighted by Gasteiger charge is -2.41. The minimum absolute atomic E-state index is 0.143. The van der Waals surface area contributed by atoms with E-state index in [-0.39, 0.29) is 23.4 Å². The van der Waals surface area contributed by atoms with E-state index in [1.54, 1.807) is 10.7 Å². The van der Waals surface area contributed by atoms with Crippen LogP contribution in [0.4, 0.5) is 4.39 Å². The van der Waals surface area contributed by atoms with Crippen molar-refractivity contribution < 1.29 is 18.7 Å². The summed E-state index contributed by atoms with van der Waals surface area (Å²) in [5.74, 6) is -0.459. The summed E-state index contributed by atoms with van der Waals surface area (Å²) >= 11 is 0. The monoisotopic (exact) mass is 534 g/mol. The van der Waals surface area contributed by atoms with Crippen molar-refractivity contribution in [3.8, 4) is 5.75 Å². The van der Waals surface area contributed by atoms with E-state index in [0.717, 1.165) is 16.8 Å². The molecular weight excluding hydrogens is 499 g/mol. The third-order valence-electron chi connectivity index (χ3n) is 7.81. The third-order valence-corrected chi connectivity index (χ3v) is 7.81. The molecule has 1 fully saturated rings. The number of amides is 2. The van der Waals surface area contributed by atoms with Gasteiger partial charge in [0.2, 0.25) is 11.8 Å². The Morgan fingerprint density at radius 3 is 2.64 bits per heavy atom. The molecular formula is C29H35FN6O3. The SMILES string of the molecule is COc1c(F)cccc1CN1CCC2(CC1)Cc1cn(nn1)CCCNC(=O)[C@H](Cc1ccccc1)NC2=O. The number of ether oxygens (including phenoxy) is 1. The largest absolute Gasteiger partial charge is 0.493 e. The van der Waals surface area contributed by atoms with Crippen LogP contribution in [0.3, 0.4) is 0 Å². The minimum Gasteiger partial charge on any atom is -0.493 e. The number of carbonyl (C=O) groups is 2. The summed E-state index contributed by atoms with van der Waals surface area (Å²) in [4.78, 5) is 29.4. The van der Waals surface area contributed by atoms with E-state index in [4.69, 9.17) is 4.74 Å². The second kappa shape index (κ2) is 11.9. The fourth-order valence-corrected chi connectivity index (χ4v) is 5.59. The smallest absolute Gasteiger partial charge is 0.242 e. The van der Waals surface area contributed by atoms with Gasteiger partial charge in [0.1, 0.15) is 6.04 Å². The van der Waals surface area contributed by atoms with Gasteiger partial charge in [0.05, 0.1) is 18.2 Å². The number of carbonyl (C=O) groups excluding carboxylic acids is 2. The first-order valence-corrected chi connectivity index (χ1v) is 13.5. The van der Waals surface area contributed by atoms with Crippen LogP contribution >= 0.6 is 0 Å². The Morgan fingerprint density at radius 1 is 1.08 bits per heavy atom. The van der Waals surface area contributed by atoms with Gasteiger partial charge >= 0.3 is 0 Å². The number of rotatable bonds is 5. The van der Waals surface area contributed by atoms with Gasteiger partial charge < -0.3 is 15.4 Å². The van der Waals surface area contributed by atoms with Crippen LogP contribution in [0.1, 0.15) is 36.1 Å². The van der Waals surface area contributed by atoms with Crippen molar-refractivity contribution >= 4 is 11.8 Å². The molecule has 0 saturated carbocycles. The van der Waals surface area contributed by atoms with E-state index in [2.05, 4.69) is 25.8 Å². The van der Waals surface area contributed by atoms with E-state index in [9.17, 15) is 14.0 Å². The highest BCUT2D eigenvalue weighted by Crippen LogP contribution is 2.37. The maximum atomic E-state index is 14.2. The van der Waals surface area contributed by atoms with E-state index < -0.39 is 11.5 Å². The van der Waals surface area contributed by atoms with Crippen molar-refractivity contribution in [1.29, 1.82) is 0 Å². The predicted molar refractivity (Wildman–Crippen MR) is 143 cm³/mol. The van der Waals surface area contributed by atoms with Gasteiger partial charge in [-0.15, -0.1) is 5.10 Å². The highest BCUT2D eigenvalue weighted by atomic mass is 19.1. The molecule has 2 aliphatic rings. The van der Waals surface area contributed by atoms with Crippen molar-refractivity contribution in [2.45, 2.75) is 51.2 Å². The molecule has 5 rings (SSSR count). The van der Waals surface area contributed by atoms with Crippen molar-refractivity contribution in [2.24, 2.45) is 5.41 Å². The highest BCUT2D eigenvalue weighted by Gasteiger charge is 2.43. The maximum Gasteiger partial charge on any atom is 0.242 e. The number of hydrogen-bond acceptors (Lipinski definition) is 6. The fraction of sp³-hybridized carbons (Fsp3) is 0.448. The topological polar surface area (TPSA) is 101 Å². The van der Waals surface area contributed by atoms with Crippen LogP contribution in [0.2, 0.25) is 0 Å². The number of fused-ring (bicyclic) bond motifs is 2. The molecule has 9 nitrogen and oxygen atoms in total. The third kappa shape index (κ3) is 6.27. The molecule has 1 saturated heterocycles. The van der Waals surface area contributed by atoms with Crippen LogP contribution in [0.5, 0.6) is 5.75 Å². The van der Waals surface area contributed by atoms with E-state index in [1.807, 2.05) is 42.6 Å². The first-order valence-electron chi connectivity index (χ1n) is 13.5. The van der Waals surface area contributed by atoms with Crippen molar-refractivity contribution in [3.63, 3.8) is 0 Å². The van der Waals surface area contributed by atoms with Gasteiger partial charge in [-0.3, -0.25) is 19.2 Å². The van der Waals surface area contributed by atoms with Gasteiger partial charge in [0, 0.05) is 44.2 Å². The Bertz CT molecular complexity index is 1290. The number of nitrogens with one attached hydrogen (secondary N) is 2. The second-order valence-corrected chi connectivity index (χ2v) is 10.5. The van der Waals surface area contributed by atoms with E-state index in [0.29, 0.717) is 64.8 Å². The average Bonchev–Trinajstić information content (AvgIpc) is 3.39. The molecule has 0 unspecified atom stereocenters.